The SMILES string of the molecule is CN(Cc1cnn(C)c1)C(=O)CC(N)c1ccccc1.Cl.Cl. The lowest BCUT2D eigenvalue weighted by molar-refractivity contribution is -0.130. The zero-order valence-electron chi connectivity index (χ0n) is 12.7. The molecular formula is C15H22Cl2N4O. The lowest BCUT2D eigenvalue weighted by atomic mass is 10.0. The third kappa shape index (κ3) is 5.67. The van der Waals surface area contributed by atoms with Crippen molar-refractivity contribution in [2.45, 2.75) is 19.0 Å². The van der Waals surface area contributed by atoms with Crippen LogP contribution in [0.2, 0.25) is 0 Å². The molecule has 0 radical (unpaired) electrons. The zero-order valence-corrected chi connectivity index (χ0v) is 14.3. The molecule has 7 heteroatoms. The van der Waals surface area contributed by atoms with Crippen LogP contribution in [0.3, 0.4) is 0 Å². The van der Waals surface area contributed by atoms with Gasteiger partial charge >= 0.3 is 0 Å². The number of nitrogens with two attached hydrogens (primary N) is 1. The highest BCUT2D eigenvalue weighted by molar-refractivity contribution is 5.85. The average Bonchev–Trinajstić information content (AvgIpc) is 2.85. The van der Waals surface area contributed by atoms with Gasteiger partial charge < -0.3 is 10.6 Å². The molecule has 22 heavy (non-hydrogen) atoms. The molecule has 1 atom stereocenters. The van der Waals surface area contributed by atoms with E-state index in [1.54, 1.807) is 22.8 Å². The summed E-state index contributed by atoms with van der Waals surface area (Å²) in [6.45, 7) is 0.550. The third-order valence-corrected chi connectivity index (χ3v) is 3.23. The summed E-state index contributed by atoms with van der Waals surface area (Å²) in [7, 11) is 3.64. The zero-order chi connectivity index (χ0) is 14.5. The molecule has 0 aliphatic rings. The predicted molar refractivity (Wildman–Crippen MR) is 92.2 cm³/mol. The van der Waals surface area contributed by atoms with Crippen molar-refractivity contribution in [3.05, 3.63) is 53.9 Å². The predicted octanol–water partition coefficient (Wildman–Crippen LogP) is 2.31. The number of carbonyl (C=O) groups is 1. The number of halogens is 2. The van der Waals surface area contributed by atoms with E-state index in [9.17, 15) is 4.79 Å². The molecule has 5 nitrogen and oxygen atoms in total. The molecule has 0 aliphatic heterocycles. The van der Waals surface area contributed by atoms with E-state index in [4.69, 9.17) is 5.73 Å². The standard InChI is InChI=1S/C15H20N4O.2ClH/c1-18(10-12-9-17-19(2)11-12)15(20)8-14(16)13-6-4-3-5-7-13;;/h3-7,9,11,14H,8,10,16H2,1-2H3;2*1H. The Morgan fingerprint density at radius 2 is 1.95 bits per heavy atom. The van der Waals surface area contributed by atoms with Gasteiger partial charge in [0.25, 0.3) is 0 Å². The topological polar surface area (TPSA) is 64.2 Å². The van der Waals surface area contributed by atoms with E-state index in [0.29, 0.717) is 13.0 Å². The van der Waals surface area contributed by atoms with E-state index in [2.05, 4.69) is 5.10 Å². The molecule has 0 fully saturated rings. The molecule has 1 aromatic carbocycles. The Labute approximate surface area is 143 Å². The summed E-state index contributed by atoms with van der Waals surface area (Å²) in [6.07, 6.45) is 3.97. The van der Waals surface area contributed by atoms with Gasteiger partial charge in [-0.05, 0) is 5.56 Å². The first kappa shape index (κ1) is 20.4. The number of hydrogen-bond donors (Lipinski definition) is 1. The van der Waals surface area contributed by atoms with Gasteiger partial charge in [0.1, 0.15) is 0 Å². The first-order chi connectivity index (χ1) is 9.56. The number of nitrogens with zero attached hydrogens (tertiary/aromatic N) is 3. The fourth-order valence-corrected chi connectivity index (χ4v) is 2.08. The van der Waals surface area contributed by atoms with E-state index in [1.807, 2.05) is 43.6 Å². The Morgan fingerprint density at radius 3 is 2.50 bits per heavy atom. The maximum Gasteiger partial charge on any atom is 0.224 e. The molecule has 1 heterocycles. The Morgan fingerprint density at radius 1 is 1.32 bits per heavy atom. The molecule has 122 valence electrons. The van der Waals surface area contributed by atoms with Gasteiger partial charge in [0.15, 0.2) is 0 Å². The lowest BCUT2D eigenvalue weighted by Crippen LogP contribution is -2.29. The van der Waals surface area contributed by atoms with Gasteiger partial charge in [-0.2, -0.15) is 5.10 Å². The summed E-state index contributed by atoms with van der Waals surface area (Å²) in [5.41, 5.74) is 8.06. The van der Waals surface area contributed by atoms with E-state index < -0.39 is 0 Å². The van der Waals surface area contributed by atoms with Crippen LogP contribution in [0, 0.1) is 0 Å². The van der Waals surface area contributed by atoms with Crippen LogP contribution in [0.5, 0.6) is 0 Å². The Hall–Kier alpha value is -1.56. The molecule has 2 N–H and O–H groups in total. The maximum absolute atomic E-state index is 12.2. The normalized spacial score (nSPS) is 11.0. The number of benzene rings is 1. The average molecular weight is 345 g/mol. The van der Waals surface area contributed by atoms with E-state index in [1.165, 1.54) is 0 Å². The smallest absolute Gasteiger partial charge is 0.224 e. The Balaban J connectivity index is 0.00000220. The van der Waals surface area contributed by atoms with Crippen LogP contribution in [-0.4, -0.2) is 27.6 Å². The highest BCUT2D eigenvalue weighted by Gasteiger charge is 2.15. The molecule has 0 saturated heterocycles. The van der Waals surface area contributed by atoms with E-state index >= 15 is 0 Å². The first-order valence-corrected chi connectivity index (χ1v) is 6.58. The number of aromatic nitrogens is 2. The monoisotopic (exact) mass is 344 g/mol. The summed E-state index contributed by atoms with van der Waals surface area (Å²) in [5.74, 6) is 0.0326. The maximum atomic E-state index is 12.2. The van der Waals surface area contributed by atoms with Gasteiger partial charge in [0.05, 0.1) is 6.20 Å². The quantitative estimate of drug-likeness (QED) is 0.905. The molecule has 0 bridgehead atoms. The molecule has 0 saturated carbocycles. The van der Waals surface area contributed by atoms with Gasteiger partial charge in [-0.15, -0.1) is 24.8 Å². The van der Waals surface area contributed by atoms with Crippen molar-refractivity contribution in [3.8, 4) is 0 Å². The summed E-state index contributed by atoms with van der Waals surface area (Å²) in [4.78, 5) is 13.8. The van der Waals surface area contributed by atoms with Crippen LogP contribution < -0.4 is 5.73 Å². The van der Waals surface area contributed by atoms with Gasteiger partial charge in [0, 0.05) is 44.9 Å². The van der Waals surface area contributed by atoms with Crippen molar-refractivity contribution in [2.24, 2.45) is 12.8 Å². The highest BCUT2D eigenvalue weighted by atomic mass is 35.5. The van der Waals surface area contributed by atoms with E-state index in [0.717, 1.165) is 11.1 Å². The molecule has 1 aromatic heterocycles. The fourth-order valence-electron chi connectivity index (χ4n) is 2.08. The van der Waals surface area contributed by atoms with Crippen LogP contribution in [0.25, 0.3) is 0 Å². The van der Waals surface area contributed by atoms with Crippen molar-refractivity contribution in [1.82, 2.24) is 14.7 Å². The van der Waals surface area contributed by atoms with Crippen LogP contribution in [-0.2, 0) is 18.4 Å². The van der Waals surface area contributed by atoms with Crippen LogP contribution in [0.4, 0.5) is 0 Å². The van der Waals surface area contributed by atoms with Gasteiger partial charge in [-0.25, -0.2) is 0 Å². The second kappa shape index (κ2) is 9.46. The van der Waals surface area contributed by atoms with Gasteiger partial charge in [-0.3, -0.25) is 9.48 Å². The minimum atomic E-state index is -0.264. The third-order valence-electron chi connectivity index (χ3n) is 3.23. The van der Waals surface area contributed by atoms with Crippen molar-refractivity contribution in [3.63, 3.8) is 0 Å². The molecule has 2 rings (SSSR count). The van der Waals surface area contributed by atoms with Crippen LogP contribution in [0.15, 0.2) is 42.7 Å². The molecular weight excluding hydrogens is 323 g/mol. The van der Waals surface area contributed by atoms with Crippen molar-refractivity contribution in [2.75, 3.05) is 7.05 Å². The molecule has 1 unspecified atom stereocenters. The number of hydrogen-bond acceptors (Lipinski definition) is 3. The Kier molecular flexibility index (Phi) is 8.79. The minimum absolute atomic E-state index is 0. The molecule has 2 aromatic rings. The first-order valence-electron chi connectivity index (χ1n) is 6.58. The highest BCUT2D eigenvalue weighted by Crippen LogP contribution is 2.15. The van der Waals surface area contributed by atoms with E-state index in [-0.39, 0.29) is 36.8 Å². The molecule has 0 spiro atoms. The number of carbonyl (C=O) groups excluding carboxylic acids is 1. The van der Waals surface area contributed by atoms with Gasteiger partial charge in [-0.1, -0.05) is 30.3 Å². The van der Waals surface area contributed by atoms with Crippen molar-refractivity contribution < 1.29 is 4.79 Å². The largest absolute Gasteiger partial charge is 0.341 e. The lowest BCUT2D eigenvalue weighted by Gasteiger charge is -2.19. The molecule has 0 aliphatic carbocycles. The second-order valence-electron chi connectivity index (χ2n) is 4.99. The van der Waals surface area contributed by atoms with Crippen LogP contribution in [0.1, 0.15) is 23.6 Å². The summed E-state index contributed by atoms with van der Waals surface area (Å²) in [5, 5.41) is 4.09. The number of rotatable bonds is 5. The molecule has 1 amide bonds. The second-order valence-corrected chi connectivity index (χ2v) is 4.99. The van der Waals surface area contributed by atoms with Crippen molar-refractivity contribution in [1.29, 1.82) is 0 Å². The van der Waals surface area contributed by atoms with Crippen molar-refractivity contribution >= 4 is 30.7 Å². The van der Waals surface area contributed by atoms with Crippen LogP contribution >= 0.6 is 24.8 Å². The minimum Gasteiger partial charge on any atom is -0.341 e. The summed E-state index contributed by atoms with van der Waals surface area (Å²) < 4.78 is 1.73. The number of amides is 1. The van der Waals surface area contributed by atoms with Gasteiger partial charge in [0.2, 0.25) is 5.91 Å². The summed E-state index contributed by atoms with van der Waals surface area (Å²) in [6, 6.07) is 9.42. The fraction of sp³-hybridized carbons (Fsp3) is 0.333. The Bertz CT molecular complexity index is 574. The summed E-state index contributed by atoms with van der Waals surface area (Å²) >= 11 is 0. The number of aryl methyl sites for hydroxylation is 1.